The number of hydrogen-bond donors (Lipinski definition) is 2. The first-order valence-electron chi connectivity index (χ1n) is 2.73. The zero-order valence-electron chi connectivity index (χ0n) is 5.93. The van der Waals surface area contributed by atoms with Gasteiger partial charge in [-0.2, -0.15) is 5.10 Å². The predicted molar refractivity (Wildman–Crippen MR) is 36.5 cm³/mol. The van der Waals surface area contributed by atoms with Gasteiger partial charge in [-0.15, -0.1) is 0 Å². The third-order valence-electron chi connectivity index (χ3n) is 0.834. The Kier molecular flexibility index (Phi) is 3.84. The lowest BCUT2D eigenvalue weighted by atomic mass is 10.4. The van der Waals surface area contributed by atoms with E-state index in [9.17, 15) is 0 Å². The molecule has 0 spiro atoms. The van der Waals surface area contributed by atoms with Crippen LogP contribution in [-0.4, -0.2) is 16.3 Å². The second kappa shape index (κ2) is 4.47. The van der Waals surface area contributed by atoms with E-state index in [1.807, 2.05) is 19.9 Å². The van der Waals surface area contributed by atoms with E-state index in [0.29, 0.717) is 0 Å². The Hall–Kier alpha value is -1.41. The van der Waals surface area contributed by atoms with Crippen LogP contribution in [0.4, 0.5) is 0 Å². The molecular formula is C6H9N3O. The Bertz CT molecular complexity index is 206. The van der Waals surface area contributed by atoms with E-state index in [-0.39, 0.29) is 0 Å². The van der Waals surface area contributed by atoms with E-state index >= 15 is 0 Å². The summed E-state index contributed by atoms with van der Waals surface area (Å²) < 4.78 is 0. The van der Waals surface area contributed by atoms with E-state index < -0.39 is 0 Å². The smallest absolute Gasteiger partial charge is 0.231 e. The maximum atomic E-state index is 8.35. The Morgan fingerprint density at radius 3 is 2.30 bits per heavy atom. The lowest BCUT2D eigenvalue weighted by Gasteiger charge is -1.68. The van der Waals surface area contributed by atoms with Gasteiger partial charge in [-0.05, 0) is 19.9 Å². The van der Waals surface area contributed by atoms with Crippen LogP contribution in [0.25, 0.3) is 0 Å². The molecule has 0 aromatic carbocycles. The summed E-state index contributed by atoms with van der Waals surface area (Å²) in [7, 11) is 0. The Morgan fingerprint density at radius 1 is 1.70 bits per heavy atom. The highest BCUT2D eigenvalue weighted by molar-refractivity contribution is 5.26. The van der Waals surface area contributed by atoms with Crippen LogP contribution in [-0.2, 0) is 4.79 Å². The highest BCUT2D eigenvalue weighted by Crippen LogP contribution is 1.92. The Labute approximate surface area is 58.8 Å². The minimum absolute atomic E-state index is 0.750. The first-order valence-corrected chi connectivity index (χ1v) is 2.73. The first kappa shape index (κ1) is 8.59. The highest BCUT2D eigenvalue weighted by Gasteiger charge is 1.84. The number of isocyanates is 1. The minimum atomic E-state index is 0.750. The SMILES string of the molecule is Cc1cc(C)[nH]n1.N=C=O. The average Bonchev–Trinajstić information content (AvgIpc) is 2.17. The second-order valence-corrected chi connectivity index (χ2v) is 1.79. The van der Waals surface area contributed by atoms with Crippen molar-refractivity contribution in [2.75, 3.05) is 0 Å². The van der Waals surface area contributed by atoms with Crippen molar-refractivity contribution in [3.8, 4) is 0 Å². The van der Waals surface area contributed by atoms with E-state index in [1.54, 1.807) is 0 Å². The fourth-order valence-corrected chi connectivity index (χ4v) is 0.554. The lowest BCUT2D eigenvalue weighted by Crippen LogP contribution is -1.68. The van der Waals surface area contributed by atoms with Crippen molar-refractivity contribution in [1.82, 2.24) is 10.2 Å². The van der Waals surface area contributed by atoms with Crippen molar-refractivity contribution in [3.05, 3.63) is 17.5 Å². The van der Waals surface area contributed by atoms with Crippen molar-refractivity contribution in [2.24, 2.45) is 0 Å². The monoisotopic (exact) mass is 139 g/mol. The van der Waals surface area contributed by atoms with Crippen molar-refractivity contribution in [1.29, 1.82) is 5.41 Å². The molecule has 4 heteroatoms. The van der Waals surface area contributed by atoms with Gasteiger partial charge < -0.3 is 0 Å². The summed E-state index contributed by atoms with van der Waals surface area (Å²) in [6.07, 6.45) is 0.750. The highest BCUT2D eigenvalue weighted by atomic mass is 16.1. The molecule has 4 nitrogen and oxygen atoms in total. The summed E-state index contributed by atoms with van der Waals surface area (Å²) in [6.45, 7) is 3.95. The molecule has 0 saturated carbocycles. The lowest BCUT2D eigenvalue weighted by molar-refractivity contribution is 0.563. The second-order valence-electron chi connectivity index (χ2n) is 1.79. The molecule has 0 unspecified atom stereocenters. The molecule has 54 valence electrons. The summed E-state index contributed by atoms with van der Waals surface area (Å²) in [5.41, 5.74) is 2.18. The number of carbonyl (C=O) groups excluding carboxylic acids is 1. The van der Waals surface area contributed by atoms with Crippen LogP contribution in [0.5, 0.6) is 0 Å². The van der Waals surface area contributed by atoms with Crippen LogP contribution in [0, 0.1) is 19.3 Å². The molecule has 1 rings (SSSR count). The number of aromatic amines is 1. The van der Waals surface area contributed by atoms with E-state index in [4.69, 9.17) is 10.2 Å². The van der Waals surface area contributed by atoms with Gasteiger partial charge in [0.05, 0.1) is 5.69 Å². The van der Waals surface area contributed by atoms with Crippen molar-refractivity contribution < 1.29 is 4.79 Å². The molecule has 1 aromatic rings. The summed E-state index contributed by atoms with van der Waals surface area (Å²) in [6, 6.07) is 2.00. The standard InChI is InChI=1S/C5H8N2.CHNO/c1-4-3-5(2)7-6-4;2-1-3/h3H,1-2H3,(H,6,7);2H. The summed E-state index contributed by atoms with van der Waals surface area (Å²) in [5, 5.41) is 12.1. The minimum Gasteiger partial charge on any atom is -0.283 e. The van der Waals surface area contributed by atoms with Crippen LogP contribution in [0.1, 0.15) is 11.4 Å². The predicted octanol–water partition coefficient (Wildman–Crippen LogP) is 0.928. The van der Waals surface area contributed by atoms with Gasteiger partial charge in [0.25, 0.3) is 0 Å². The molecule has 0 atom stereocenters. The van der Waals surface area contributed by atoms with Gasteiger partial charge >= 0.3 is 0 Å². The topological polar surface area (TPSA) is 69.6 Å². The van der Waals surface area contributed by atoms with Crippen LogP contribution in [0.15, 0.2) is 6.07 Å². The average molecular weight is 139 g/mol. The zero-order valence-corrected chi connectivity index (χ0v) is 5.93. The Morgan fingerprint density at radius 2 is 2.20 bits per heavy atom. The molecule has 0 radical (unpaired) electrons. The molecule has 2 N–H and O–H groups in total. The van der Waals surface area contributed by atoms with Crippen LogP contribution in [0.2, 0.25) is 0 Å². The molecule has 0 bridgehead atoms. The van der Waals surface area contributed by atoms with Crippen LogP contribution >= 0.6 is 0 Å². The van der Waals surface area contributed by atoms with Gasteiger partial charge in [-0.1, -0.05) is 0 Å². The molecule has 0 fully saturated rings. The maximum Gasteiger partial charge on any atom is 0.231 e. The number of H-pyrrole nitrogens is 1. The molecule has 10 heavy (non-hydrogen) atoms. The number of aryl methyl sites for hydroxylation is 2. The van der Waals surface area contributed by atoms with Gasteiger partial charge in [-0.25, -0.2) is 10.2 Å². The Balaban J connectivity index is 0.000000236. The largest absolute Gasteiger partial charge is 0.283 e. The normalized spacial score (nSPS) is 7.40. The third kappa shape index (κ3) is 3.57. The zero-order chi connectivity index (χ0) is 7.98. The van der Waals surface area contributed by atoms with Crippen molar-refractivity contribution in [3.63, 3.8) is 0 Å². The van der Waals surface area contributed by atoms with Gasteiger partial charge in [0.2, 0.25) is 6.08 Å². The first-order chi connectivity index (χ1) is 4.70. The van der Waals surface area contributed by atoms with Gasteiger partial charge in [-0.3, -0.25) is 5.10 Å². The molecule has 0 aliphatic carbocycles. The fraction of sp³-hybridized carbons (Fsp3) is 0.333. The van der Waals surface area contributed by atoms with Gasteiger partial charge in [0.1, 0.15) is 0 Å². The molecule has 0 saturated heterocycles. The van der Waals surface area contributed by atoms with E-state index in [2.05, 4.69) is 10.2 Å². The van der Waals surface area contributed by atoms with Crippen LogP contribution < -0.4 is 0 Å². The molecule has 0 aliphatic heterocycles. The number of hydrogen-bond acceptors (Lipinski definition) is 3. The number of aromatic nitrogens is 2. The molecule has 0 aliphatic rings. The fourth-order valence-electron chi connectivity index (χ4n) is 0.554. The molecular weight excluding hydrogens is 130 g/mol. The molecule has 0 amide bonds. The molecule has 1 heterocycles. The number of rotatable bonds is 0. The van der Waals surface area contributed by atoms with Gasteiger partial charge in [0, 0.05) is 5.69 Å². The number of nitrogens with one attached hydrogen (secondary N) is 2. The van der Waals surface area contributed by atoms with E-state index in [0.717, 1.165) is 17.5 Å². The third-order valence-corrected chi connectivity index (χ3v) is 0.834. The molecule has 1 aromatic heterocycles. The summed E-state index contributed by atoms with van der Waals surface area (Å²) >= 11 is 0. The summed E-state index contributed by atoms with van der Waals surface area (Å²) in [4.78, 5) is 8.35. The number of nitrogens with zero attached hydrogens (tertiary/aromatic N) is 1. The summed E-state index contributed by atoms with van der Waals surface area (Å²) in [5.74, 6) is 0. The van der Waals surface area contributed by atoms with Crippen molar-refractivity contribution in [2.45, 2.75) is 13.8 Å². The maximum absolute atomic E-state index is 8.35. The quantitative estimate of drug-likeness (QED) is 0.414. The van der Waals surface area contributed by atoms with E-state index in [1.165, 1.54) is 0 Å². The van der Waals surface area contributed by atoms with Crippen molar-refractivity contribution >= 4 is 6.08 Å². The van der Waals surface area contributed by atoms with Crippen LogP contribution in [0.3, 0.4) is 0 Å². The van der Waals surface area contributed by atoms with Gasteiger partial charge in [0.15, 0.2) is 0 Å².